The maximum Gasteiger partial charge on any atom is 0.414 e. The van der Waals surface area contributed by atoms with Crippen molar-refractivity contribution in [3.8, 4) is 0 Å². The molecule has 3 aromatic rings. The van der Waals surface area contributed by atoms with E-state index in [1.54, 1.807) is 6.08 Å². The Balaban J connectivity index is 0.000000534. The third-order valence-electron chi connectivity index (χ3n) is 4.68. The largest absolute Gasteiger partial charge is 0.473 e. The number of carboxylic acid groups (broad SMARTS) is 2. The maximum atomic E-state index is 11.1. The molecule has 8 nitrogen and oxygen atoms in total. The normalized spacial score (nSPS) is 10.6. The number of carbonyl (C=O) groups is 3. The topological polar surface area (TPSA) is 129 Å². The van der Waals surface area contributed by atoms with E-state index < -0.39 is 11.9 Å². The second-order valence-corrected chi connectivity index (χ2v) is 6.91. The van der Waals surface area contributed by atoms with Crippen LogP contribution in [0.4, 0.5) is 0 Å². The molecule has 0 bridgehead atoms. The number of nitrogens with one attached hydrogen (secondary N) is 2. The molecule has 1 heterocycles. The minimum atomic E-state index is -1.82. The summed E-state index contributed by atoms with van der Waals surface area (Å²) in [4.78, 5) is 32.8. The molecule has 0 radical (unpaired) electrons. The molecule has 3 rings (SSSR count). The summed E-state index contributed by atoms with van der Waals surface area (Å²) >= 11 is 0. The number of aryl methyl sites for hydroxylation is 1. The molecule has 2 aromatic carbocycles. The minimum absolute atomic E-state index is 0.344. The van der Waals surface area contributed by atoms with Crippen LogP contribution in [0.1, 0.15) is 22.4 Å². The number of fused-ring (bicyclic) bond motifs is 1. The molecule has 0 saturated carbocycles. The Labute approximate surface area is 185 Å². The highest BCUT2D eigenvalue weighted by atomic mass is 16.5. The molecule has 0 saturated heterocycles. The van der Waals surface area contributed by atoms with Gasteiger partial charge < -0.3 is 25.3 Å². The van der Waals surface area contributed by atoms with E-state index in [1.807, 2.05) is 12.1 Å². The molecule has 0 fully saturated rings. The van der Waals surface area contributed by atoms with Crippen molar-refractivity contribution >= 4 is 34.9 Å². The van der Waals surface area contributed by atoms with Gasteiger partial charge in [-0.3, -0.25) is 0 Å². The van der Waals surface area contributed by atoms with Crippen LogP contribution in [0.15, 0.2) is 54.6 Å². The minimum Gasteiger partial charge on any atom is -0.473 e. The van der Waals surface area contributed by atoms with Gasteiger partial charge in [0.05, 0.1) is 7.11 Å². The van der Waals surface area contributed by atoms with Crippen molar-refractivity contribution in [1.29, 1.82) is 0 Å². The predicted octanol–water partition coefficient (Wildman–Crippen LogP) is 3.15. The third kappa shape index (κ3) is 7.41. The zero-order valence-corrected chi connectivity index (χ0v) is 17.9. The van der Waals surface area contributed by atoms with Gasteiger partial charge in [-0.15, -0.1) is 0 Å². The molecule has 168 valence electrons. The quantitative estimate of drug-likeness (QED) is 0.193. The van der Waals surface area contributed by atoms with Gasteiger partial charge in [-0.2, -0.15) is 0 Å². The van der Waals surface area contributed by atoms with Crippen LogP contribution in [-0.2, 0) is 32.1 Å². The van der Waals surface area contributed by atoms with Crippen LogP contribution in [0.3, 0.4) is 0 Å². The Kier molecular flexibility index (Phi) is 9.19. The fraction of sp³-hybridized carbons (Fsp3) is 0.208. The van der Waals surface area contributed by atoms with Crippen LogP contribution in [0.5, 0.6) is 0 Å². The lowest BCUT2D eigenvalue weighted by molar-refractivity contribution is -0.159. The number of hydrogen-bond acceptors (Lipinski definition) is 5. The number of methoxy groups -OCH3 is 1. The fourth-order valence-corrected chi connectivity index (χ4v) is 3.08. The number of ether oxygens (including phenoxy) is 1. The van der Waals surface area contributed by atoms with Gasteiger partial charge in [0, 0.05) is 29.2 Å². The van der Waals surface area contributed by atoms with Crippen LogP contribution < -0.4 is 5.32 Å². The highest BCUT2D eigenvalue weighted by molar-refractivity contribution is 6.27. The summed E-state index contributed by atoms with van der Waals surface area (Å²) in [6.07, 6.45) is 4.18. The van der Waals surface area contributed by atoms with Crippen LogP contribution in [0, 0.1) is 6.92 Å². The highest BCUT2D eigenvalue weighted by Crippen LogP contribution is 2.21. The van der Waals surface area contributed by atoms with Gasteiger partial charge in [-0.25, -0.2) is 14.4 Å². The van der Waals surface area contributed by atoms with E-state index in [0.29, 0.717) is 0 Å². The van der Waals surface area contributed by atoms with Crippen LogP contribution >= 0.6 is 0 Å². The van der Waals surface area contributed by atoms with Gasteiger partial charge in [0.1, 0.15) is 0 Å². The van der Waals surface area contributed by atoms with Crippen molar-refractivity contribution < 1.29 is 29.3 Å². The molecule has 0 aliphatic rings. The highest BCUT2D eigenvalue weighted by Gasteiger charge is 2.07. The Morgan fingerprint density at radius 1 is 1.03 bits per heavy atom. The summed E-state index contributed by atoms with van der Waals surface area (Å²) in [6, 6.07) is 16.6. The predicted molar refractivity (Wildman–Crippen MR) is 121 cm³/mol. The molecule has 0 aliphatic carbocycles. The number of esters is 1. The maximum absolute atomic E-state index is 11.1. The first-order chi connectivity index (χ1) is 15.3. The summed E-state index contributed by atoms with van der Waals surface area (Å²) in [7, 11) is 1.37. The second kappa shape index (κ2) is 12.1. The van der Waals surface area contributed by atoms with Gasteiger partial charge in [0.25, 0.3) is 0 Å². The molecular formula is C24H26N2O6. The van der Waals surface area contributed by atoms with Crippen molar-refractivity contribution in [3.63, 3.8) is 0 Å². The van der Waals surface area contributed by atoms with Crippen LogP contribution in [0.25, 0.3) is 17.0 Å². The van der Waals surface area contributed by atoms with E-state index in [0.717, 1.165) is 25.1 Å². The second-order valence-electron chi connectivity index (χ2n) is 6.91. The Hall–Kier alpha value is -3.91. The first kappa shape index (κ1) is 24.4. The summed E-state index contributed by atoms with van der Waals surface area (Å²) < 4.78 is 4.59. The molecule has 32 heavy (non-hydrogen) atoms. The number of aliphatic carboxylic acids is 2. The standard InChI is InChI=1S/C22H24N2O2.C2H2O4/c1-16-19(20-5-3-4-6-21(20)24-16)13-14-23-15-18-9-7-17(8-10-18)11-12-22(25)26-2;3-1(4)2(5)6/h3-12,23-24H,13-15H2,1-2H3;(H,3,4)(H,5,6)/b12-11+;. The van der Waals surface area contributed by atoms with Gasteiger partial charge >= 0.3 is 17.9 Å². The summed E-state index contributed by atoms with van der Waals surface area (Å²) in [5.74, 6) is -3.99. The molecule has 8 heteroatoms. The molecule has 0 amide bonds. The monoisotopic (exact) mass is 438 g/mol. The molecule has 0 aliphatic heterocycles. The number of H-pyrrole nitrogens is 1. The van der Waals surface area contributed by atoms with Crippen molar-refractivity contribution in [2.75, 3.05) is 13.7 Å². The van der Waals surface area contributed by atoms with Crippen molar-refractivity contribution in [3.05, 3.63) is 77.0 Å². The Morgan fingerprint density at radius 2 is 1.69 bits per heavy atom. The van der Waals surface area contributed by atoms with E-state index >= 15 is 0 Å². The first-order valence-corrected chi connectivity index (χ1v) is 9.90. The number of aromatic amines is 1. The number of hydrogen-bond donors (Lipinski definition) is 4. The SMILES string of the molecule is COC(=O)/C=C/c1ccc(CNCCc2c(C)[nH]c3ccccc23)cc1.O=C(O)C(=O)O. The van der Waals surface area contributed by atoms with E-state index in [1.165, 1.54) is 40.9 Å². The van der Waals surface area contributed by atoms with Crippen LogP contribution in [0.2, 0.25) is 0 Å². The lowest BCUT2D eigenvalue weighted by atomic mass is 10.1. The number of aromatic nitrogens is 1. The van der Waals surface area contributed by atoms with Crippen molar-refractivity contribution in [2.24, 2.45) is 0 Å². The van der Waals surface area contributed by atoms with E-state index in [-0.39, 0.29) is 5.97 Å². The summed E-state index contributed by atoms with van der Waals surface area (Å²) in [5.41, 5.74) is 6.03. The smallest absolute Gasteiger partial charge is 0.414 e. The van der Waals surface area contributed by atoms with Gasteiger partial charge in [0.15, 0.2) is 0 Å². The molecule has 0 atom stereocenters. The average molecular weight is 438 g/mol. The Morgan fingerprint density at radius 3 is 2.31 bits per heavy atom. The third-order valence-corrected chi connectivity index (χ3v) is 4.68. The molecule has 0 unspecified atom stereocenters. The molecule has 0 spiro atoms. The summed E-state index contributed by atoms with van der Waals surface area (Å²) in [5, 5.41) is 19.6. The van der Waals surface area contributed by atoms with E-state index in [2.05, 4.69) is 58.4 Å². The molecule has 4 N–H and O–H groups in total. The lowest BCUT2D eigenvalue weighted by Crippen LogP contribution is -2.16. The van der Waals surface area contributed by atoms with E-state index in [9.17, 15) is 4.79 Å². The van der Waals surface area contributed by atoms with Crippen molar-refractivity contribution in [2.45, 2.75) is 19.9 Å². The lowest BCUT2D eigenvalue weighted by Gasteiger charge is -2.06. The fourth-order valence-electron chi connectivity index (χ4n) is 3.08. The van der Waals surface area contributed by atoms with Crippen molar-refractivity contribution in [1.82, 2.24) is 10.3 Å². The summed E-state index contributed by atoms with van der Waals surface area (Å²) in [6.45, 7) is 3.88. The number of para-hydroxylation sites is 1. The Bertz CT molecular complexity index is 1090. The average Bonchev–Trinajstić information content (AvgIpc) is 3.11. The van der Waals surface area contributed by atoms with Crippen LogP contribution in [-0.4, -0.2) is 46.8 Å². The molecule has 1 aromatic heterocycles. The number of benzene rings is 2. The zero-order chi connectivity index (χ0) is 23.5. The zero-order valence-electron chi connectivity index (χ0n) is 17.9. The first-order valence-electron chi connectivity index (χ1n) is 9.90. The number of rotatable bonds is 7. The molecular weight excluding hydrogens is 412 g/mol. The van der Waals surface area contributed by atoms with E-state index in [4.69, 9.17) is 19.8 Å². The number of carboxylic acids is 2. The van der Waals surface area contributed by atoms with Gasteiger partial charge in [-0.1, -0.05) is 42.5 Å². The van der Waals surface area contributed by atoms with Gasteiger partial charge in [-0.05, 0) is 48.7 Å². The number of carbonyl (C=O) groups excluding carboxylic acids is 1. The van der Waals surface area contributed by atoms with Gasteiger partial charge in [0.2, 0.25) is 0 Å².